The number of tetrazole rings is 1. The molecular weight excluding hydrogens is 394 g/mol. The molecule has 11 heteroatoms. The molecule has 1 heterocycles. The summed E-state index contributed by atoms with van der Waals surface area (Å²) >= 11 is 5.10. The van der Waals surface area contributed by atoms with Crippen LogP contribution in [0.4, 0.5) is 11.4 Å². The van der Waals surface area contributed by atoms with Gasteiger partial charge in [-0.15, -0.1) is 0 Å². The molecule has 0 aliphatic rings. The van der Waals surface area contributed by atoms with E-state index in [9.17, 15) is 9.59 Å². The number of aromatic amines is 1. The third-order valence-electron chi connectivity index (χ3n) is 3.92. The minimum Gasteiger partial charge on any atom is -0.481 e. The lowest BCUT2D eigenvalue weighted by molar-refractivity contribution is -0.122. The first-order valence-corrected chi connectivity index (χ1v) is 9.15. The number of H-pyrrole nitrogens is 1. The second-order valence-electron chi connectivity index (χ2n) is 5.88. The zero-order chi connectivity index (χ0) is 20.6. The SMILES string of the molecule is CCC(Oc1cccc(-n2[nH]nnc2=S)c1)C(=O)Nc1ccc(NNC=O)cc1. The van der Waals surface area contributed by atoms with Crippen molar-refractivity contribution in [3.05, 3.63) is 53.3 Å². The van der Waals surface area contributed by atoms with E-state index in [4.69, 9.17) is 17.0 Å². The van der Waals surface area contributed by atoms with Gasteiger partial charge in [0.05, 0.1) is 11.4 Å². The molecule has 0 aliphatic carbocycles. The van der Waals surface area contributed by atoms with Gasteiger partial charge in [-0.05, 0) is 55.0 Å². The second-order valence-corrected chi connectivity index (χ2v) is 6.25. The van der Waals surface area contributed by atoms with E-state index >= 15 is 0 Å². The van der Waals surface area contributed by atoms with E-state index in [1.165, 1.54) is 4.68 Å². The molecule has 0 saturated heterocycles. The Bertz CT molecular complexity index is 1030. The average molecular weight is 413 g/mol. The number of hydrogen-bond acceptors (Lipinski definition) is 7. The van der Waals surface area contributed by atoms with Gasteiger partial charge in [-0.1, -0.05) is 23.3 Å². The van der Waals surface area contributed by atoms with Gasteiger partial charge in [0, 0.05) is 11.8 Å². The molecule has 2 amide bonds. The fraction of sp³-hybridized carbons (Fsp3) is 0.167. The van der Waals surface area contributed by atoms with Crippen molar-refractivity contribution in [3.63, 3.8) is 0 Å². The number of hydrazine groups is 1. The van der Waals surface area contributed by atoms with Crippen LogP contribution in [0.25, 0.3) is 5.69 Å². The first-order chi connectivity index (χ1) is 14.1. The normalized spacial score (nSPS) is 11.3. The van der Waals surface area contributed by atoms with Crippen LogP contribution in [0.3, 0.4) is 0 Å². The van der Waals surface area contributed by atoms with Gasteiger partial charge in [0.25, 0.3) is 5.91 Å². The number of hydrogen-bond donors (Lipinski definition) is 4. The number of anilines is 2. The molecule has 2 aromatic carbocycles. The molecule has 1 aromatic heterocycles. The van der Waals surface area contributed by atoms with Crippen LogP contribution in [0.5, 0.6) is 5.75 Å². The number of ether oxygens (including phenoxy) is 1. The Kier molecular flexibility index (Phi) is 6.53. The Labute approximate surface area is 171 Å². The van der Waals surface area contributed by atoms with Crippen LogP contribution < -0.4 is 20.9 Å². The maximum Gasteiger partial charge on any atom is 0.265 e. The fourth-order valence-electron chi connectivity index (χ4n) is 2.52. The first kappa shape index (κ1) is 20.0. The third-order valence-corrected chi connectivity index (χ3v) is 4.18. The molecule has 0 fully saturated rings. The smallest absolute Gasteiger partial charge is 0.265 e. The van der Waals surface area contributed by atoms with Crippen molar-refractivity contribution in [2.45, 2.75) is 19.4 Å². The van der Waals surface area contributed by atoms with Crippen molar-refractivity contribution in [2.75, 3.05) is 10.7 Å². The third kappa shape index (κ3) is 5.17. The highest BCUT2D eigenvalue weighted by atomic mass is 32.1. The standard InChI is InChI=1S/C18H19N7O3S/c1-2-16(17(27)20-12-6-8-13(9-7-12)21-19-11-26)28-15-5-3-4-14(10-15)25-18(29)22-23-24-25/h3-11,16,21H,2H2,1H3,(H,19,26)(H,20,27)(H,22,24,29). The van der Waals surface area contributed by atoms with Crippen LogP contribution in [0.2, 0.25) is 0 Å². The first-order valence-electron chi connectivity index (χ1n) is 8.74. The predicted molar refractivity (Wildman–Crippen MR) is 109 cm³/mol. The molecule has 3 rings (SSSR count). The van der Waals surface area contributed by atoms with E-state index in [1.54, 1.807) is 42.5 Å². The summed E-state index contributed by atoms with van der Waals surface area (Å²) < 4.78 is 7.69. The summed E-state index contributed by atoms with van der Waals surface area (Å²) in [4.78, 5) is 22.9. The van der Waals surface area contributed by atoms with Crippen molar-refractivity contribution < 1.29 is 14.3 Å². The lowest BCUT2D eigenvalue weighted by Crippen LogP contribution is -2.32. The summed E-state index contributed by atoms with van der Waals surface area (Å²) in [6, 6.07) is 14.0. The number of aromatic nitrogens is 4. The van der Waals surface area contributed by atoms with E-state index in [0.29, 0.717) is 35.6 Å². The molecule has 0 spiro atoms. The van der Waals surface area contributed by atoms with Crippen LogP contribution in [0.15, 0.2) is 48.5 Å². The summed E-state index contributed by atoms with van der Waals surface area (Å²) in [5.41, 5.74) is 7.01. The van der Waals surface area contributed by atoms with Gasteiger partial charge in [-0.25, -0.2) is 4.68 Å². The Hall–Kier alpha value is -3.73. The van der Waals surface area contributed by atoms with Gasteiger partial charge in [-0.3, -0.25) is 20.4 Å². The van der Waals surface area contributed by atoms with Crippen LogP contribution in [-0.4, -0.2) is 38.6 Å². The van der Waals surface area contributed by atoms with E-state index in [-0.39, 0.29) is 10.7 Å². The molecule has 3 aromatic rings. The summed E-state index contributed by atoms with van der Waals surface area (Å²) in [5.74, 6) is 0.241. The molecule has 29 heavy (non-hydrogen) atoms. The predicted octanol–water partition coefficient (Wildman–Crippen LogP) is 2.19. The lowest BCUT2D eigenvalue weighted by Gasteiger charge is -2.18. The van der Waals surface area contributed by atoms with Gasteiger partial charge in [0.15, 0.2) is 6.10 Å². The van der Waals surface area contributed by atoms with Crippen LogP contribution >= 0.6 is 12.2 Å². The van der Waals surface area contributed by atoms with Crippen LogP contribution in [0.1, 0.15) is 13.3 Å². The van der Waals surface area contributed by atoms with E-state index < -0.39 is 6.10 Å². The summed E-state index contributed by atoms with van der Waals surface area (Å²) in [6.07, 6.45) is 0.321. The molecular formula is C18H19N7O3S. The minimum atomic E-state index is -0.687. The zero-order valence-corrected chi connectivity index (χ0v) is 16.3. The number of amides is 2. The summed E-state index contributed by atoms with van der Waals surface area (Å²) in [5, 5.41) is 12.9. The van der Waals surface area contributed by atoms with Crippen LogP contribution in [-0.2, 0) is 9.59 Å². The molecule has 4 N–H and O–H groups in total. The lowest BCUT2D eigenvalue weighted by atomic mass is 10.2. The van der Waals surface area contributed by atoms with Gasteiger partial charge in [0.1, 0.15) is 5.75 Å². The zero-order valence-electron chi connectivity index (χ0n) is 15.5. The monoisotopic (exact) mass is 413 g/mol. The fourth-order valence-corrected chi connectivity index (χ4v) is 2.71. The number of benzene rings is 2. The Morgan fingerprint density at radius 3 is 2.69 bits per heavy atom. The van der Waals surface area contributed by atoms with Gasteiger partial charge in [0.2, 0.25) is 11.2 Å². The van der Waals surface area contributed by atoms with Gasteiger partial charge in [-0.2, -0.15) is 5.21 Å². The summed E-state index contributed by atoms with van der Waals surface area (Å²) in [6.45, 7) is 1.86. The topological polar surface area (TPSA) is 126 Å². The largest absolute Gasteiger partial charge is 0.481 e. The van der Waals surface area contributed by atoms with Crippen molar-refractivity contribution in [3.8, 4) is 11.4 Å². The Balaban J connectivity index is 1.66. The van der Waals surface area contributed by atoms with Gasteiger partial charge < -0.3 is 10.1 Å². The maximum atomic E-state index is 12.6. The highest BCUT2D eigenvalue weighted by molar-refractivity contribution is 7.71. The second kappa shape index (κ2) is 9.46. The molecule has 1 unspecified atom stereocenters. The van der Waals surface area contributed by atoms with E-state index in [0.717, 1.165) is 0 Å². The number of rotatable bonds is 9. The van der Waals surface area contributed by atoms with E-state index in [1.807, 2.05) is 13.0 Å². The highest BCUT2D eigenvalue weighted by Gasteiger charge is 2.19. The molecule has 0 bridgehead atoms. The number of nitrogens with one attached hydrogen (secondary N) is 4. The quantitative estimate of drug-likeness (QED) is 0.241. The minimum absolute atomic E-state index is 0.274. The molecule has 0 saturated carbocycles. The maximum absolute atomic E-state index is 12.6. The molecule has 0 radical (unpaired) electrons. The molecule has 0 aliphatic heterocycles. The molecule has 150 valence electrons. The van der Waals surface area contributed by atoms with E-state index in [2.05, 4.69) is 31.7 Å². The summed E-state index contributed by atoms with van der Waals surface area (Å²) in [7, 11) is 0. The Morgan fingerprint density at radius 2 is 2.03 bits per heavy atom. The highest BCUT2D eigenvalue weighted by Crippen LogP contribution is 2.19. The van der Waals surface area contributed by atoms with Crippen molar-refractivity contribution in [1.82, 2.24) is 25.6 Å². The van der Waals surface area contributed by atoms with Crippen molar-refractivity contribution >= 4 is 35.9 Å². The Morgan fingerprint density at radius 1 is 1.28 bits per heavy atom. The number of carbonyl (C=O) groups excluding carboxylic acids is 2. The average Bonchev–Trinajstić information content (AvgIpc) is 3.17. The number of carbonyl (C=O) groups is 2. The molecule has 10 nitrogen and oxygen atoms in total. The van der Waals surface area contributed by atoms with Gasteiger partial charge >= 0.3 is 0 Å². The van der Waals surface area contributed by atoms with Crippen LogP contribution in [0, 0.1) is 4.77 Å². The molecule has 1 atom stereocenters. The number of nitrogens with zero attached hydrogens (tertiary/aromatic N) is 3. The van der Waals surface area contributed by atoms with Crippen molar-refractivity contribution in [2.24, 2.45) is 0 Å². The van der Waals surface area contributed by atoms with Crippen molar-refractivity contribution in [1.29, 1.82) is 0 Å².